The molecule has 12 rings (SSSR count). The van der Waals surface area contributed by atoms with Crippen molar-refractivity contribution in [2.45, 2.75) is 0 Å². The van der Waals surface area contributed by atoms with Gasteiger partial charge in [-0.3, -0.25) is 0 Å². The number of hydrogen-bond acceptors (Lipinski definition) is 1. The average Bonchev–Trinajstić information content (AvgIpc) is 3.96. The summed E-state index contributed by atoms with van der Waals surface area (Å²) in [6, 6.07) is 81.5. The minimum absolute atomic E-state index is 1.17. The molecular weight excluding hydrogens is 737 g/mol. The normalized spacial score (nSPS) is 12.1. The summed E-state index contributed by atoms with van der Waals surface area (Å²) in [6.45, 7) is 0. The Morgan fingerprint density at radius 3 is 1.55 bits per heavy atom. The molecule has 0 saturated heterocycles. The van der Waals surface area contributed by atoms with Crippen LogP contribution in [0.3, 0.4) is 0 Å². The van der Waals surface area contributed by atoms with Crippen LogP contribution in [0.5, 0.6) is 0 Å². The Labute approximate surface area is 341 Å². The monoisotopic (exact) mass is 772 g/mol. The topological polar surface area (TPSA) is 9.86 Å². The van der Waals surface area contributed by atoms with Gasteiger partial charge in [-0.15, -0.1) is 11.3 Å². The molecule has 0 amide bonds. The molecule has 58 heavy (non-hydrogen) atoms. The highest BCUT2D eigenvalue weighted by molar-refractivity contribution is 7.26. The Bertz CT molecular complexity index is 3470. The van der Waals surface area contributed by atoms with E-state index >= 15 is 0 Å². The lowest BCUT2D eigenvalue weighted by atomic mass is 10.1. The summed E-state index contributed by atoms with van der Waals surface area (Å²) in [5.74, 6) is 0. The number of thiophene rings is 1. The summed E-state index contributed by atoms with van der Waals surface area (Å²) in [7, 11) is -2.95. The molecule has 9 aromatic carbocycles. The van der Waals surface area contributed by atoms with Gasteiger partial charge in [-0.25, -0.2) is 0 Å². The predicted octanol–water partition coefficient (Wildman–Crippen LogP) is 11.6. The Kier molecular flexibility index (Phi) is 7.46. The largest absolute Gasteiger partial charge is 0.309 e. The van der Waals surface area contributed by atoms with Crippen molar-refractivity contribution in [3.05, 3.63) is 218 Å². The lowest BCUT2D eigenvalue weighted by molar-refractivity contribution is 1.18. The maximum Gasteiger partial charge on any atom is 0.179 e. The van der Waals surface area contributed by atoms with Crippen molar-refractivity contribution in [2.75, 3.05) is 0 Å². The minimum Gasteiger partial charge on any atom is -0.309 e. The minimum atomic E-state index is -2.95. The van der Waals surface area contributed by atoms with Crippen LogP contribution < -0.4 is 20.7 Å². The molecule has 272 valence electrons. The van der Waals surface area contributed by atoms with E-state index in [0.717, 1.165) is 0 Å². The lowest BCUT2D eigenvalue weighted by Gasteiger charge is -2.35. The van der Waals surface area contributed by atoms with Gasteiger partial charge in [0.05, 0.1) is 26.8 Å². The van der Waals surface area contributed by atoms with E-state index in [1.807, 2.05) is 11.3 Å². The van der Waals surface area contributed by atoms with E-state index in [0.29, 0.717) is 0 Å². The molecule has 0 N–H and O–H groups in total. The lowest BCUT2D eigenvalue weighted by Crippen LogP contribution is -2.74. The molecule has 0 aliphatic rings. The van der Waals surface area contributed by atoms with Crippen molar-refractivity contribution >= 4 is 104 Å². The van der Waals surface area contributed by atoms with E-state index in [4.69, 9.17) is 0 Å². The van der Waals surface area contributed by atoms with Crippen LogP contribution in [0.15, 0.2) is 218 Å². The first-order valence-electron chi connectivity index (χ1n) is 19.9. The molecule has 12 aromatic rings. The Morgan fingerprint density at radius 1 is 0.310 bits per heavy atom. The molecule has 2 nitrogen and oxygen atoms in total. The molecule has 0 saturated carbocycles. The molecule has 0 fully saturated rings. The summed E-state index contributed by atoms with van der Waals surface area (Å²) < 4.78 is 7.60. The number of rotatable bonds is 6. The zero-order valence-electron chi connectivity index (χ0n) is 31.6. The molecule has 0 radical (unpaired) electrons. The SMILES string of the molecule is c1ccc(-n2c3ccccc3c3cc([Si](c4ccccc4)(c4ccccc4)c4cccc(-n5c6ccccc6c6ccc7c8ccccc8sc7c65)c4)ccc32)cc1. The van der Waals surface area contributed by atoms with Gasteiger partial charge < -0.3 is 9.13 Å². The maximum atomic E-state index is 2.54. The molecule has 0 spiro atoms. The van der Waals surface area contributed by atoms with Crippen molar-refractivity contribution in [2.24, 2.45) is 0 Å². The van der Waals surface area contributed by atoms with Crippen molar-refractivity contribution in [1.29, 1.82) is 0 Å². The van der Waals surface area contributed by atoms with Crippen LogP contribution in [0.2, 0.25) is 0 Å². The highest BCUT2D eigenvalue weighted by Crippen LogP contribution is 2.43. The van der Waals surface area contributed by atoms with Crippen molar-refractivity contribution in [3.63, 3.8) is 0 Å². The van der Waals surface area contributed by atoms with Gasteiger partial charge in [-0.1, -0.05) is 170 Å². The fourth-order valence-electron chi connectivity index (χ4n) is 9.82. The molecule has 3 aromatic heterocycles. The number of para-hydroxylation sites is 3. The van der Waals surface area contributed by atoms with Gasteiger partial charge in [-0.2, -0.15) is 0 Å². The number of hydrogen-bond donors (Lipinski definition) is 0. The fraction of sp³-hybridized carbons (Fsp3) is 0. The van der Waals surface area contributed by atoms with E-state index in [2.05, 4.69) is 228 Å². The van der Waals surface area contributed by atoms with Crippen LogP contribution in [0.25, 0.3) is 75.2 Å². The zero-order valence-corrected chi connectivity index (χ0v) is 33.4. The third-order valence-corrected chi connectivity index (χ3v) is 18.2. The first-order chi connectivity index (χ1) is 28.8. The van der Waals surface area contributed by atoms with Gasteiger partial charge in [0.15, 0.2) is 8.07 Å². The smallest absolute Gasteiger partial charge is 0.179 e. The molecule has 4 heteroatoms. The highest BCUT2D eigenvalue weighted by atomic mass is 32.1. The predicted molar refractivity (Wildman–Crippen MR) is 252 cm³/mol. The summed E-state index contributed by atoms with van der Waals surface area (Å²) >= 11 is 1.90. The first-order valence-corrected chi connectivity index (χ1v) is 22.8. The Hall–Kier alpha value is -6.98. The number of nitrogens with zero attached hydrogens (tertiary/aromatic N) is 2. The standard InChI is InChI=1S/C54H36N2SSi/c1-4-17-37(18-5-1)55-49-28-13-11-26-44(49)48-36-42(31-34-51(48)55)58(39-20-6-2-7-21-39,40-22-8-3-9-23-40)41-24-16-19-38(35-41)56-50-29-14-10-25-43(50)46-32-33-47-45-27-12-15-30-52(45)57-54(47)53(46)56/h1-36H. The van der Waals surface area contributed by atoms with Crippen LogP contribution in [-0.4, -0.2) is 17.2 Å². The molecule has 0 aliphatic heterocycles. The summed E-state index contributed by atoms with van der Waals surface area (Å²) in [6.07, 6.45) is 0. The van der Waals surface area contributed by atoms with Gasteiger partial charge in [0, 0.05) is 48.4 Å². The quantitative estimate of drug-likeness (QED) is 0.118. The number of fused-ring (bicyclic) bond motifs is 10. The molecule has 0 atom stereocenters. The van der Waals surface area contributed by atoms with E-state index in [1.54, 1.807) is 0 Å². The van der Waals surface area contributed by atoms with E-state index < -0.39 is 8.07 Å². The second-order valence-electron chi connectivity index (χ2n) is 15.2. The second kappa shape index (κ2) is 13.0. The van der Waals surface area contributed by atoms with Crippen molar-refractivity contribution < 1.29 is 0 Å². The van der Waals surface area contributed by atoms with E-state index in [9.17, 15) is 0 Å². The van der Waals surface area contributed by atoms with Crippen molar-refractivity contribution in [1.82, 2.24) is 9.13 Å². The van der Waals surface area contributed by atoms with Gasteiger partial charge in [0.25, 0.3) is 0 Å². The molecule has 0 unspecified atom stereocenters. The maximum absolute atomic E-state index is 2.95. The van der Waals surface area contributed by atoms with Crippen LogP contribution in [0.1, 0.15) is 0 Å². The second-order valence-corrected chi connectivity index (χ2v) is 20.1. The molecule has 0 bridgehead atoms. The van der Waals surface area contributed by atoms with Crippen LogP contribution >= 0.6 is 11.3 Å². The molecular formula is C54H36N2SSi. The van der Waals surface area contributed by atoms with E-state index in [-0.39, 0.29) is 0 Å². The highest BCUT2D eigenvalue weighted by Gasteiger charge is 2.42. The first kappa shape index (κ1) is 33.2. The van der Waals surface area contributed by atoms with Gasteiger partial charge in [0.1, 0.15) is 0 Å². The summed E-state index contributed by atoms with van der Waals surface area (Å²) in [4.78, 5) is 0. The van der Waals surface area contributed by atoms with Gasteiger partial charge in [0.2, 0.25) is 0 Å². The van der Waals surface area contributed by atoms with Gasteiger partial charge in [-0.05, 0) is 69.3 Å². The van der Waals surface area contributed by atoms with Crippen LogP contribution in [0, 0.1) is 0 Å². The van der Waals surface area contributed by atoms with Crippen LogP contribution in [-0.2, 0) is 0 Å². The molecule has 0 aliphatic carbocycles. The summed E-state index contributed by atoms with van der Waals surface area (Å²) in [5.41, 5.74) is 7.28. The third kappa shape index (κ3) is 4.76. The average molecular weight is 773 g/mol. The third-order valence-electron chi connectivity index (χ3n) is 12.3. The molecule has 3 heterocycles. The van der Waals surface area contributed by atoms with Gasteiger partial charge >= 0.3 is 0 Å². The fourth-order valence-corrected chi connectivity index (χ4v) is 15.8. The summed E-state index contributed by atoms with van der Waals surface area (Å²) in [5, 5.41) is 13.2. The van der Waals surface area contributed by atoms with E-state index in [1.165, 1.54) is 95.9 Å². The Morgan fingerprint density at radius 2 is 0.828 bits per heavy atom. The van der Waals surface area contributed by atoms with Crippen molar-refractivity contribution in [3.8, 4) is 11.4 Å². The van der Waals surface area contributed by atoms with Crippen LogP contribution in [0.4, 0.5) is 0 Å². The zero-order chi connectivity index (χ0) is 38.2. The number of benzene rings is 9. The number of aromatic nitrogens is 2. The Balaban J connectivity index is 1.18.